The molecule has 3 N–H and O–H groups in total. The zero-order valence-electron chi connectivity index (χ0n) is 10.1. The molecule has 0 saturated carbocycles. The molecule has 1 aromatic carbocycles. The second-order valence-corrected chi connectivity index (χ2v) is 3.98. The normalized spacial score (nSPS) is 12.8. The van der Waals surface area contributed by atoms with Gasteiger partial charge in [-0.05, 0) is 18.2 Å². The van der Waals surface area contributed by atoms with Gasteiger partial charge in [0.25, 0.3) is 5.91 Å². The van der Waals surface area contributed by atoms with E-state index < -0.39 is 29.7 Å². The van der Waals surface area contributed by atoms with E-state index in [2.05, 4.69) is 5.32 Å². The fourth-order valence-electron chi connectivity index (χ4n) is 1.38. The molecule has 0 fully saturated rings. The van der Waals surface area contributed by atoms with Crippen LogP contribution in [0.2, 0.25) is 0 Å². The van der Waals surface area contributed by atoms with Crippen LogP contribution in [0.5, 0.6) is 0 Å². The van der Waals surface area contributed by atoms with Crippen LogP contribution in [0.1, 0.15) is 22.3 Å². The quantitative estimate of drug-likeness (QED) is 0.762. The van der Waals surface area contributed by atoms with E-state index in [1.54, 1.807) is 0 Å². The van der Waals surface area contributed by atoms with Gasteiger partial charge in [-0.1, -0.05) is 6.07 Å². The Bertz CT molecular complexity index is 502. The summed E-state index contributed by atoms with van der Waals surface area (Å²) in [4.78, 5) is 21.9. The molecular weight excluding hydrogens is 279 g/mol. The van der Waals surface area contributed by atoms with Crippen molar-refractivity contribution < 1.29 is 33.0 Å². The summed E-state index contributed by atoms with van der Waals surface area (Å²) in [7, 11) is 0. The second-order valence-electron chi connectivity index (χ2n) is 3.98. The van der Waals surface area contributed by atoms with E-state index in [1.807, 2.05) is 0 Å². The van der Waals surface area contributed by atoms with Crippen molar-refractivity contribution in [3.63, 3.8) is 0 Å². The van der Waals surface area contributed by atoms with Crippen LogP contribution in [0.3, 0.4) is 0 Å². The maximum absolute atomic E-state index is 12.4. The third kappa shape index (κ3) is 4.54. The molecule has 5 nitrogen and oxygen atoms in total. The minimum Gasteiger partial charge on any atom is -0.479 e. The van der Waals surface area contributed by atoms with Crippen molar-refractivity contribution in [3.8, 4) is 0 Å². The molecule has 1 rings (SSSR count). The summed E-state index contributed by atoms with van der Waals surface area (Å²) in [6, 6.07) is 3.84. The summed E-state index contributed by atoms with van der Waals surface area (Å²) in [5, 5.41) is 19.6. The van der Waals surface area contributed by atoms with Gasteiger partial charge in [0.1, 0.15) is 0 Å². The minimum absolute atomic E-state index is 0.164. The molecule has 0 spiro atoms. The number of amides is 1. The maximum atomic E-state index is 12.4. The zero-order valence-corrected chi connectivity index (χ0v) is 10.1. The molecule has 1 amide bonds. The molecular formula is C12H12F3NO4. The standard InChI is InChI=1S/C12H12F3NO4/c13-12(14,15)8-3-1-2-7(6-8)10(18)16-5-4-9(17)11(19)20/h1-3,6,9,17H,4-5H2,(H,16,18)(H,19,20)/t9-/m0/s1. The van der Waals surface area contributed by atoms with Gasteiger partial charge >= 0.3 is 12.1 Å². The summed E-state index contributed by atoms with van der Waals surface area (Å²) in [5.41, 5.74) is -1.14. The monoisotopic (exact) mass is 291 g/mol. The van der Waals surface area contributed by atoms with Crippen molar-refractivity contribution in [1.29, 1.82) is 0 Å². The van der Waals surface area contributed by atoms with Crippen molar-refractivity contribution >= 4 is 11.9 Å². The molecule has 0 radical (unpaired) electrons. The molecule has 110 valence electrons. The highest BCUT2D eigenvalue weighted by Crippen LogP contribution is 2.29. The number of carbonyl (C=O) groups excluding carboxylic acids is 1. The first-order valence-corrected chi connectivity index (χ1v) is 5.58. The number of alkyl halides is 3. The topological polar surface area (TPSA) is 86.6 Å². The van der Waals surface area contributed by atoms with Gasteiger partial charge in [-0.3, -0.25) is 4.79 Å². The molecule has 0 heterocycles. The van der Waals surface area contributed by atoms with E-state index in [-0.39, 0.29) is 18.5 Å². The SMILES string of the molecule is O=C(NCC[C@H](O)C(=O)O)c1cccc(C(F)(F)F)c1. The van der Waals surface area contributed by atoms with Crippen LogP contribution in [-0.2, 0) is 11.0 Å². The lowest BCUT2D eigenvalue weighted by Crippen LogP contribution is -2.30. The average molecular weight is 291 g/mol. The minimum atomic E-state index is -4.55. The van der Waals surface area contributed by atoms with Gasteiger partial charge in [0.2, 0.25) is 0 Å². The van der Waals surface area contributed by atoms with Crippen molar-refractivity contribution in [2.24, 2.45) is 0 Å². The lowest BCUT2D eigenvalue weighted by atomic mass is 10.1. The second kappa shape index (κ2) is 6.38. The Hall–Kier alpha value is -2.09. The van der Waals surface area contributed by atoms with E-state index in [0.29, 0.717) is 6.07 Å². The Balaban J connectivity index is 2.62. The molecule has 1 atom stereocenters. The maximum Gasteiger partial charge on any atom is 0.416 e. The van der Waals surface area contributed by atoms with Crippen molar-refractivity contribution in [1.82, 2.24) is 5.32 Å². The Morgan fingerprint density at radius 1 is 1.30 bits per heavy atom. The molecule has 0 aromatic heterocycles. The van der Waals surface area contributed by atoms with Crippen LogP contribution >= 0.6 is 0 Å². The van der Waals surface area contributed by atoms with Crippen LogP contribution in [-0.4, -0.2) is 34.7 Å². The number of carboxylic acid groups (broad SMARTS) is 1. The van der Waals surface area contributed by atoms with Crippen molar-refractivity contribution in [3.05, 3.63) is 35.4 Å². The fraction of sp³-hybridized carbons (Fsp3) is 0.333. The average Bonchev–Trinajstić information content (AvgIpc) is 2.37. The summed E-state index contributed by atoms with van der Waals surface area (Å²) in [6.45, 7) is -0.164. The largest absolute Gasteiger partial charge is 0.479 e. The number of halogens is 3. The Labute approximate surface area is 112 Å². The number of nitrogens with one attached hydrogen (secondary N) is 1. The lowest BCUT2D eigenvalue weighted by Gasteiger charge is -2.10. The number of carbonyl (C=O) groups is 2. The number of hydrogen-bond donors (Lipinski definition) is 3. The number of aliphatic hydroxyl groups is 1. The van der Waals surface area contributed by atoms with E-state index in [1.165, 1.54) is 6.07 Å². The Morgan fingerprint density at radius 3 is 2.50 bits per heavy atom. The first kappa shape index (κ1) is 16.0. The molecule has 8 heteroatoms. The lowest BCUT2D eigenvalue weighted by molar-refractivity contribution is -0.146. The van der Waals surface area contributed by atoms with Gasteiger partial charge in [-0.25, -0.2) is 4.79 Å². The number of aliphatic carboxylic acids is 1. The Morgan fingerprint density at radius 2 is 1.95 bits per heavy atom. The molecule has 0 aliphatic carbocycles. The van der Waals surface area contributed by atoms with Gasteiger partial charge in [0, 0.05) is 18.5 Å². The zero-order chi connectivity index (χ0) is 15.3. The highest BCUT2D eigenvalue weighted by molar-refractivity contribution is 5.94. The number of rotatable bonds is 5. The van der Waals surface area contributed by atoms with Gasteiger partial charge in [0.05, 0.1) is 5.56 Å². The summed E-state index contributed by atoms with van der Waals surface area (Å²) in [5.74, 6) is -2.20. The summed E-state index contributed by atoms with van der Waals surface area (Å²) < 4.78 is 37.3. The molecule has 0 unspecified atom stereocenters. The molecule has 1 aromatic rings. The van der Waals surface area contributed by atoms with E-state index >= 15 is 0 Å². The molecule has 0 aliphatic rings. The molecule has 0 aliphatic heterocycles. The third-order valence-electron chi connectivity index (χ3n) is 2.44. The molecule has 0 bridgehead atoms. The highest BCUT2D eigenvalue weighted by atomic mass is 19.4. The predicted molar refractivity (Wildman–Crippen MR) is 62.0 cm³/mol. The van der Waals surface area contributed by atoms with Crippen LogP contribution in [0.25, 0.3) is 0 Å². The third-order valence-corrected chi connectivity index (χ3v) is 2.44. The van der Waals surface area contributed by atoms with Gasteiger partial charge in [-0.15, -0.1) is 0 Å². The number of benzene rings is 1. The summed E-state index contributed by atoms with van der Waals surface area (Å²) >= 11 is 0. The van der Waals surface area contributed by atoms with Crippen LogP contribution < -0.4 is 5.32 Å². The van der Waals surface area contributed by atoms with Crippen molar-refractivity contribution in [2.45, 2.75) is 18.7 Å². The van der Waals surface area contributed by atoms with Crippen LogP contribution in [0.4, 0.5) is 13.2 Å². The van der Waals surface area contributed by atoms with Gasteiger partial charge < -0.3 is 15.5 Å². The van der Waals surface area contributed by atoms with Crippen molar-refractivity contribution in [2.75, 3.05) is 6.54 Å². The van der Waals surface area contributed by atoms with Gasteiger partial charge in [-0.2, -0.15) is 13.2 Å². The fourth-order valence-corrected chi connectivity index (χ4v) is 1.38. The predicted octanol–water partition coefficient (Wildman–Crippen LogP) is 1.27. The number of carboxylic acids is 1. The van der Waals surface area contributed by atoms with E-state index in [0.717, 1.165) is 12.1 Å². The first-order valence-electron chi connectivity index (χ1n) is 5.58. The first-order chi connectivity index (χ1) is 9.21. The smallest absolute Gasteiger partial charge is 0.416 e. The number of hydrogen-bond acceptors (Lipinski definition) is 3. The van der Waals surface area contributed by atoms with E-state index in [9.17, 15) is 22.8 Å². The Kier molecular flexibility index (Phi) is 5.09. The summed E-state index contributed by atoms with van der Waals surface area (Å²) in [6.07, 6.45) is -6.41. The van der Waals surface area contributed by atoms with E-state index in [4.69, 9.17) is 10.2 Å². The highest BCUT2D eigenvalue weighted by Gasteiger charge is 2.30. The van der Waals surface area contributed by atoms with Gasteiger partial charge in [0.15, 0.2) is 6.10 Å². The molecule has 20 heavy (non-hydrogen) atoms. The molecule has 0 saturated heterocycles. The van der Waals surface area contributed by atoms with Crippen LogP contribution in [0, 0.1) is 0 Å². The number of aliphatic hydroxyl groups excluding tert-OH is 1. The van der Waals surface area contributed by atoms with Crippen LogP contribution in [0.15, 0.2) is 24.3 Å².